The van der Waals surface area contributed by atoms with E-state index in [9.17, 15) is 9.59 Å². The predicted octanol–water partition coefficient (Wildman–Crippen LogP) is 2.01. The number of rotatable bonds is 3. The smallest absolute Gasteiger partial charge is 0.325 e. The molecule has 0 spiro atoms. The van der Waals surface area contributed by atoms with Crippen molar-refractivity contribution < 1.29 is 14.3 Å². The lowest BCUT2D eigenvalue weighted by molar-refractivity contribution is -0.141. The monoisotopic (exact) mass is 268 g/mol. The fraction of sp³-hybridized carbons (Fsp3) is 0.857. The molecule has 0 N–H and O–H groups in total. The Hall–Kier alpha value is -1.26. The molecule has 1 aliphatic heterocycles. The van der Waals surface area contributed by atoms with E-state index in [4.69, 9.17) is 4.74 Å². The van der Waals surface area contributed by atoms with E-state index in [0.29, 0.717) is 0 Å². The molecule has 5 nitrogen and oxygen atoms in total. The van der Waals surface area contributed by atoms with Gasteiger partial charge in [0.1, 0.15) is 6.54 Å². The number of ether oxygens (including phenoxy) is 1. The molecule has 0 radical (unpaired) electrons. The van der Waals surface area contributed by atoms with Crippen LogP contribution in [0.15, 0.2) is 0 Å². The highest BCUT2D eigenvalue weighted by Gasteiger charge is 2.31. The van der Waals surface area contributed by atoms with Gasteiger partial charge in [-0.15, -0.1) is 0 Å². The van der Waals surface area contributed by atoms with Crippen LogP contribution in [0, 0.1) is 0 Å². The minimum Gasteiger partial charge on any atom is -0.468 e. The number of likely N-dealkylation sites (tertiary alicyclic amines) is 1. The second-order valence-corrected chi connectivity index (χ2v) is 5.47. The molecular weight excluding hydrogens is 244 g/mol. The Kier molecular flexibility index (Phi) is 5.05. The quantitative estimate of drug-likeness (QED) is 0.736. The van der Waals surface area contributed by atoms with Gasteiger partial charge in [-0.1, -0.05) is 12.8 Å². The first-order valence-electron chi connectivity index (χ1n) is 7.34. The molecule has 1 heterocycles. The van der Waals surface area contributed by atoms with E-state index >= 15 is 0 Å². The van der Waals surface area contributed by atoms with Gasteiger partial charge in [-0.25, -0.2) is 4.79 Å². The Bertz CT molecular complexity index is 321. The second kappa shape index (κ2) is 6.78. The molecule has 108 valence electrons. The third kappa shape index (κ3) is 3.61. The summed E-state index contributed by atoms with van der Waals surface area (Å²) in [6, 6.07) is 0.241. The maximum Gasteiger partial charge on any atom is 0.325 e. The summed E-state index contributed by atoms with van der Waals surface area (Å²) in [4.78, 5) is 27.7. The van der Waals surface area contributed by atoms with E-state index < -0.39 is 0 Å². The SMILES string of the molecule is COC(=O)CN(C(=O)N1CCCCC1)C1CCCC1. The van der Waals surface area contributed by atoms with E-state index in [1.807, 2.05) is 4.90 Å². The molecule has 0 aromatic carbocycles. The van der Waals surface area contributed by atoms with Crippen molar-refractivity contribution >= 4 is 12.0 Å². The van der Waals surface area contributed by atoms with Gasteiger partial charge in [-0.3, -0.25) is 4.79 Å². The molecule has 0 bridgehead atoms. The molecule has 1 saturated heterocycles. The van der Waals surface area contributed by atoms with Crippen LogP contribution in [-0.2, 0) is 9.53 Å². The van der Waals surface area contributed by atoms with Gasteiger partial charge >= 0.3 is 12.0 Å². The Morgan fingerprint density at radius 3 is 2.32 bits per heavy atom. The maximum atomic E-state index is 12.6. The van der Waals surface area contributed by atoms with Crippen LogP contribution in [0.4, 0.5) is 4.79 Å². The van der Waals surface area contributed by atoms with Gasteiger partial charge in [-0.2, -0.15) is 0 Å². The van der Waals surface area contributed by atoms with Gasteiger partial charge in [-0.05, 0) is 32.1 Å². The fourth-order valence-corrected chi connectivity index (χ4v) is 3.04. The van der Waals surface area contributed by atoms with Crippen molar-refractivity contribution in [2.45, 2.75) is 51.0 Å². The van der Waals surface area contributed by atoms with Crippen molar-refractivity contribution in [2.24, 2.45) is 0 Å². The van der Waals surface area contributed by atoms with Crippen molar-refractivity contribution in [3.8, 4) is 0 Å². The summed E-state index contributed by atoms with van der Waals surface area (Å²) in [6.07, 6.45) is 7.66. The van der Waals surface area contributed by atoms with Gasteiger partial charge < -0.3 is 14.5 Å². The zero-order valence-electron chi connectivity index (χ0n) is 11.8. The van der Waals surface area contributed by atoms with E-state index in [1.54, 1.807) is 4.90 Å². The van der Waals surface area contributed by atoms with E-state index in [2.05, 4.69) is 0 Å². The summed E-state index contributed by atoms with van der Waals surface area (Å²) in [6.45, 7) is 1.74. The number of methoxy groups -OCH3 is 1. The van der Waals surface area contributed by atoms with Crippen molar-refractivity contribution in [1.82, 2.24) is 9.80 Å². The molecule has 0 aromatic heterocycles. The number of urea groups is 1. The van der Waals surface area contributed by atoms with Crippen LogP contribution in [0.3, 0.4) is 0 Å². The first kappa shape index (κ1) is 14.2. The van der Waals surface area contributed by atoms with Crippen LogP contribution in [0.5, 0.6) is 0 Å². The highest BCUT2D eigenvalue weighted by molar-refractivity contribution is 5.81. The molecule has 1 aliphatic carbocycles. The Morgan fingerprint density at radius 1 is 1.11 bits per heavy atom. The van der Waals surface area contributed by atoms with E-state index in [1.165, 1.54) is 13.5 Å². The highest BCUT2D eigenvalue weighted by atomic mass is 16.5. The predicted molar refractivity (Wildman–Crippen MR) is 71.8 cm³/mol. The summed E-state index contributed by atoms with van der Waals surface area (Å²) in [7, 11) is 1.38. The largest absolute Gasteiger partial charge is 0.468 e. The number of nitrogens with zero attached hydrogens (tertiary/aromatic N) is 2. The van der Waals surface area contributed by atoms with Crippen LogP contribution >= 0.6 is 0 Å². The summed E-state index contributed by atoms with van der Waals surface area (Å²) < 4.78 is 4.73. The number of esters is 1. The topological polar surface area (TPSA) is 49.9 Å². The van der Waals surface area contributed by atoms with Crippen LogP contribution in [0.2, 0.25) is 0 Å². The zero-order valence-corrected chi connectivity index (χ0v) is 11.8. The van der Waals surface area contributed by atoms with Gasteiger partial charge in [0.05, 0.1) is 7.11 Å². The molecule has 5 heteroatoms. The number of amides is 2. The minimum atomic E-state index is -0.322. The molecular formula is C14H24N2O3. The van der Waals surface area contributed by atoms with Gasteiger partial charge in [0, 0.05) is 19.1 Å². The highest BCUT2D eigenvalue weighted by Crippen LogP contribution is 2.25. The van der Waals surface area contributed by atoms with Crippen LogP contribution in [0.1, 0.15) is 44.9 Å². The third-order valence-corrected chi connectivity index (χ3v) is 4.16. The number of carbonyl (C=O) groups excluding carboxylic acids is 2. The molecule has 19 heavy (non-hydrogen) atoms. The number of carbonyl (C=O) groups is 2. The summed E-state index contributed by atoms with van der Waals surface area (Å²) >= 11 is 0. The Morgan fingerprint density at radius 2 is 1.74 bits per heavy atom. The standard InChI is InChI=1S/C14H24N2O3/c1-19-13(17)11-16(12-7-3-4-8-12)14(18)15-9-5-2-6-10-15/h12H,2-11H2,1H3. The lowest BCUT2D eigenvalue weighted by Gasteiger charge is -2.35. The van der Waals surface area contributed by atoms with Gasteiger partial charge in [0.15, 0.2) is 0 Å². The molecule has 0 atom stereocenters. The van der Waals surface area contributed by atoms with Crippen molar-refractivity contribution in [2.75, 3.05) is 26.7 Å². The normalized spacial score (nSPS) is 20.4. The maximum absolute atomic E-state index is 12.6. The average Bonchev–Trinajstić information content (AvgIpc) is 2.98. The molecule has 2 rings (SSSR count). The Balaban J connectivity index is 2.01. The van der Waals surface area contributed by atoms with Crippen molar-refractivity contribution in [3.05, 3.63) is 0 Å². The molecule has 2 aliphatic rings. The fourth-order valence-electron chi connectivity index (χ4n) is 3.04. The molecule has 1 saturated carbocycles. The van der Waals surface area contributed by atoms with Crippen LogP contribution in [0.25, 0.3) is 0 Å². The summed E-state index contributed by atoms with van der Waals surface area (Å²) in [5, 5.41) is 0. The van der Waals surface area contributed by atoms with Crippen LogP contribution in [-0.4, -0.2) is 54.6 Å². The first-order valence-corrected chi connectivity index (χ1v) is 7.34. The van der Waals surface area contributed by atoms with Gasteiger partial charge in [0.2, 0.25) is 0 Å². The average molecular weight is 268 g/mol. The minimum absolute atomic E-state index is 0.0250. The third-order valence-electron chi connectivity index (χ3n) is 4.16. The number of hydrogen-bond acceptors (Lipinski definition) is 3. The van der Waals surface area contributed by atoms with Gasteiger partial charge in [0.25, 0.3) is 0 Å². The lowest BCUT2D eigenvalue weighted by Crippen LogP contribution is -2.51. The molecule has 0 unspecified atom stereocenters. The summed E-state index contributed by atoms with van der Waals surface area (Å²) in [5.41, 5.74) is 0. The van der Waals surface area contributed by atoms with Crippen molar-refractivity contribution in [3.63, 3.8) is 0 Å². The molecule has 2 fully saturated rings. The summed E-state index contributed by atoms with van der Waals surface area (Å²) in [5.74, 6) is -0.322. The molecule has 2 amide bonds. The van der Waals surface area contributed by atoms with Crippen molar-refractivity contribution in [1.29, 1.82) is 0 Å². The van der Waals surface area contributed by atoms with E-state index in [-0.39, 0.29) is 24.6 Å². The number of hydrogen-bond donors (Lipinski definition) is 0. The zero-order chi connectivity index (χ0) is 13.7. The van der Waals surface area contributed by atoms with E-state index in [0.717, 1.165) is 51.6 Å². The second-order valence-electron chi connectivity index (χ2n) is 5.47. The van der Waals surface area contributed by atoms with Crippen LogP contribution < -0.4 is 0 Å². The molecule has 0 aromatic rings. The lowest BCUT2D eigenvalue weighted by atomic mass is 10.1. The first-order chi connectivity index (χ1) is 9.22. The number of piperidine rings is 1. The Labute approximate surface area is 114 Å².